The smallest absolute Gasteiger partial charge is 0.251 e. The number of carbonyl (C=O) groups excluding carboxylic acids is 2. The van der Waals surface area contributed by atoms with E-state index in [2.05, 4.69) is 12.2 Å². The number of likely N-dealkylation sites (tertiary alicyclic amines) is 1. The van der Waals surface area contributed by atoms with E-state index in [1.807, 2.05) is 36.1 Å². The molecule has 3 fully saturated rings. The van der Waals surface area contributed by atoms with Gasteiger partial charge in [0.25, 0.3) is 5.91 Å². The first-order chi connectivity index (χ1) is 13.1. The average molecular weight is 370 g/mol. The second-order valence-corrected chi connectivity index (χ2v) is 8.31. The van der Waals surface area contributed by atoms with Crippen LogP contribution in [-0.2, 0) is 16.0 Å². The monoisotopic (exact) mass is 370 g/mol. The lowest BCUT2D eigenvalue weighted by molar-refractivity contribution is -0.131. The number of hydrogen-bond donors (Lipinski definition) is 1. The van der Waals surface area contributed by atoms with Gasteiger partial charge < -0.3 is 15.0 Å². The highest BCUT2D eigenvalue weighted by Gasteiger charge is 2.63. The normalized spacial score (nSPS) is 31.2. The molecule has 5 heteroatoms. The molecule has 1 spiro atoms. The lowest BCUT2D eigenvalue weighted by Gasteiger charge is -2.29. The average Bonchev–Trinajstić information content (AvgIpc) is 3.35. The van der Waals surface area contributed by atoms with Crippen molar-refractivity contribution in [1.29, 1.82) is 0 Å². The molecule has 0 radical (unpaired) electrons. The van der Waals surface area contributed by atoms with Crippen LogP contribution in [0, 0.1) is 11.8 Å². The predicted molar refractivity (Wildman–Crippen MR) is 103 cm³/mol. The van der Waals surface area contributed by atoms with Gasteiger partial charge in [0.15, 0.2) is 0 Å². The molecule has 3 aliphatic rings. The third kappa shape index (κ3) is 3.27. The summed E-state index contributed by atoms with van der Waals surface area (Å²) < 4.78 is 6.36. The number of ether oxygens (including phenoxy) is 1. The molecule has 0 aliphatic carbocycles. The molecule has 5 nitrogen and oxygen atoms in total. The number of benzene rings is 1. The summed E-state index contributed by atoms with van der Waals surface area (Å²) in [4.78, 5) is 26.7. The number of hydrogen-bond acceptors (Lipinski definition) is 3. The van der Waals surface area contributed by atoms with Crippen LogP contribution in [0.15, 0.2) is 24.3 Å². The third-order valence-electron chi connectivity index (χ3n) is 6.69. The molecule has 3 saturated heterocycles. The zero-order valence-corrected chi connectivity index (χ0v) is 16.4. The zero-order chi connectivity index (χ0) is 19.0. The van der Waals surface area contributed by atoms with Crippen LogP contribution in [0.2, 0.25) is 0 Å². The van der Waals surface area contributed by atoms with Crippen LogP contribution in [0.1, 0.15) is 55.5 Å². The number of aryl methyl sites for hydroxylation is 1. The molecule has 0 unspecified atom stereocenters. The van der Waals surface area contributed by atoms with Crippen LogP contribution in [0.3, 0.4) is 0 Å². The Morgan fingerprint density at radius 2 is 2.04 bits per heavy atom. The quantitative estimate of drug-likeness (QED) is 0.838. The Hall–Kier alpha value is -1.88. The topological polar surface area (TPSA) is 58.6 Å². The lowest BCUT2D eigenvalue weighted by Crippen LogP contribution is -2.41. The first-order valence-electron chi connectivity index (χ1n) is 10.4. The summed E-state index contributed by atoms with van der Waals surface area (Å²) in [6, 6.07) is 7.91. The second-order valence-electron chi connectivity index (χ2n) is 8.31. The first-order valence-corrected chi connectivity index (χ1v) is 10.4. The van der Waals surface area contributed by atoms with Crippen molar-refractivity contribution in [2.45, 2.75) is 57.7 Å². The van der Waals surface area contributed by atoms with Crippen LogP contribution < -0.4 is 5.32 Å². The SMILES string of the molecule is CCCc1ccc(C(=O)NC[C@H]2[C@H]3CN(C(=O)CC)C[C@]34CC[C@H]2O4)cc1. The summed E-state index contributed by atoms with van der Waals surface area (Å²) >= 11 is 0. The van der Waals surface area contributed by atoms with Gasteiger partial charge in [-0.2, -0.15) is 0 Å². The van der Waals surface area contributed by atoms with Crippen molar-refractivity contribution in [3.8, 4) is 0 Å². The molecule has 2 amide bonds. The van der Waals surface area contributed by atoms with E-state index in [-0.39, 0.29) is 23.5 Å². The van der Waals surface area contributed by atoms with Crippen LogP contribution in [0.4, 0.5) is 0 Å². The Balaban J connectivity index is 1.38. The molecule has 3 aliphatic heterocycles. The van der Waals surface area contributed by atoms with Crippen molar-refractivity contribution in [2.75, 3.05) is 19.6 Å². The van der Waals surface area contributed by atoms with E-state index in [0.717, 1.165) is 38.8 Å². The highest BCUT2D eigenvalue weighted by Crippen LogP contribution is 2.54. The highest BCUT2D eigenvalue weighted by atomic mass is 16.5. The fraction of sp³-hybridized carbons (Fsp3) is 0.636. The third-order valence-corrected chi connectivity index (χ3v) is 6.69. The molecule has 1 aromatic rings. The van der Waals surface area contributed by atoms with Gasteiger partial charge in [0.2, 0.25) is 5.91 Å². The van der Waals surface area contributed by atoms with Gasteiger partial charge in [-0.15, -0.1) is 0 Å². The Morgan fingerprint density at radius 3 is 2.74 bits per heavy atom. The summed E-state index contributed by atoms with van der Waals surface area (Å²) in [6.45, 7) is 6.19. The van der Waals surface area contributed by atoms with E-state index < -0.39 is 0 Å². The Kier molecular flexibility index (Phi) is 4.97. The zero-order valence-electron chi connectivity index (χ0n) is 16.4. The Morgan fingerprint density at radius 1 is 1.26 bits per heavy atom. The van der Waals surface area contributed by atoms with E-state index in [1.165, 1.54) is 5.56 Å². The molecule has 4 atom stereocenters. The van der Waals surface area contributed by atoms with Gasteiger partial charge in [0.05, 0.1) is 18.2 Å². The largest absolute Gasteiger partial charge is 0.369 e. The maximum absolute atomic E-state index is 12.6. The van der Waals surface area contributed by atoms with Gasteiger partial charge in [-0.25, -0.2) is 0 Å². The standard InChI is InChI=1S/C22H30N2O3/c1-3-5-15-6-8-16(9-7-15)21(26)23-12-17-18-13-24(20(25)4-2)14-22(18)11-10-19(17)27-22/h6-9,17-19H,3-5,10-14H2,1-2H3,(H,23,26)/t17-,18+,19+,22+/m0/s1. The fourth-order valence-corrected chi connectivity index (χ4v) is 5.30. The number of nitrogens with zero attached hydrogens (tertiary/aromatic N) is 1. The minimum atomic E-state index is -0.160. The molecular formula is C22H30N2O3. The molecule has 3 heterocycles. The molecular weight excluding hydrogens is 340 g/mol. The maximum Gasteiger partial charge on any atom is 0.251 e. The fourth-order valence-electron chi connectivity index (χ4n) is 5.30. The summed E-state index contributed by atoms with van der Waals surface area (Å²) in [6.07, 6.45) is 4.99. The Bertz CT molecular complexity index is 717. The summed E-state index contributed by atoms with van der Waals surface area (Å²) in [5, 5.41) is 3.12. The molecule has 0 saturated carbocycles. The first kappa shape index (κ1) is 18.5. The summed E-state index contributed by atoms with van der Waals surface area (Å²) in [5.41, 5.74) is 1.82. The van der Waals surface area contributed by atoms with Crippen molar-refractivity contribution < 1.29 is 14.3 Å². The molecule has 27 heavy (non-hydrogen) atoms. The highest BCUT2D eigenvalue weighted by molar-refractivity contribution is 5.94. The van der Waals surface area contributed by atoms with Gasteiger partial charge in [-0.05, 0) is 37.0 Å². The van der Waals surface area contributed by atoms with Gasteiger partial charge in [-0.3, -0.25) is 9.59 Å². The van der Waals surface area contributed by atoms with Crippen molar-refractivity contribution >= 4 is 11.8 Å². The number of fused-ring (bicyclic) bond motifs is 1. The minimum absolute atomic E-state index is 0.0191. The number of nitrogens with one attached hydrogen (secondary N) is 1. The van der Waals surface area contributed by atoms with Gasteiger partial charge in [0, 0.05) is 36.9 Å². The Labute approximate surface area is 161 Å². The molecule has 1 N–H and O–H groups in total. The van der Waals surface area contributed by atoms with E-state index in [1.54, 1.807) is 0 Å². The van der Waals surface area contributed by atoms with Crippen molar-refractivity contribution in [1.82, 2.24) is 10.2 Å². The number of rotatable bonds is 6. The molecule has 0 aromatic heterocycles. The molecule has 146 valence electrons. The lowest BCUT2D eigenvalue weighted by atomic mass is 9.73. The van der Waals surface area contributed by atoms with Crippen LogP contribution >= 0.6 is 0 Å². The van der Waals surface area contributed by atoms with E-state index in [4.69, 9.17) is 4.74 Å². The van der Waals surface area contributed by atoms with Crippen LogP contribution in [0.5, 0.6) is 0 Å². The number of amides is 2. The van der Waals surface area contributed by atoms with Gasteiger partial charge in [0.1, 0.15) is 0 Å². The van der Waals surface area contributed by atoms with Gasteiger partial charge >= 0.3 is 0 Å². The molecule has 2 bridgehead atoms. The van der Waals surface area contributed by atoms with Crippen molar-refractivity contribution in [3.63, 3.8) is 0 Å². The van der Waals surface area contributed by atoms with Crippen LogP contribution in [-0.4, -0.2) is 48.1 Å². The van der Waals surface area contributed by atoms with Crippen molar-refractivity contribution in [3.05, 3.63) is 35.4 Å². The van der Waals surface area contributed by atoms with Crippen molar-refractivity contribution in [2.24, 2.45) is 11.8 Å². The number of carbonyl (C=O) groups is 2. The van der Waals surface area contributed by atoms with E-state index >= 15 is 0 Å². The summed E-state index contributed by atoms with van der Waals surface area (Å²) in [5.74, 6) is 0.839. The van der Waals surface area contributed by atoms with Crippen LogP contribution in [0.25, 0.3) is 0 Å². The maximum atomic E-state index is 12.6. The summed E-state index contributed by atoms with van der Waals surface area (Å²) in [7, 11) is 0. The van der Waals surface area contributed by atoms with Gasteiger partial charge in [-0.1, -0.05) is 32.4 Å². The van der Waals surface area contributed by atoms with E-state index in [0.29, 0.717) is 30.4 Å². The molecule has 1 aromatic carbocycles. The minimum Gasteiger partial charge on any atom is -0.369 e. The second kappa shape index (κ2) is 7.27. The van der Waals surface area contributed by atoms with E-state index in [9.17, 15) is 9.59 Å². The molecule has 4 rings (SSSR count). The predicted octanol–water partition coefficient (Wildman–Crippen LogP) is 2.78.